The van der Waals surface area contributed by atoms with Crippen molar-refractivity contribution in [2.24, 2.45) is 23.5 Å². The number of primary amides is 1. The van der Waals surface area contributed by atoms with E-state index in [1.54, 1.807) is 13.8 Å². The van der Waals surface area contributed by atoms with Crippen LogP contribution in [0, 0.1) is 17.8 Å². The molecular weight excluding hydrogens is 578 g/mol. The van der Waals surface area contributed by atoms with Gasteiger partial charge in [-0.05, 0) is 42.6 Å². The number of carbonyl (C=O) groups excluding carboxylic acids is 7. The molecule has 0 aromatic carbocycles. The lowest BCUT2D eigenvalue weighted by Crippen LogP contribution is -2.58. The lowest BCUT2D eigenvalue weighted by molar-refractivity contribution is -0.135. The van der Waals surface area contributed by atoms with E-state index in [2.05, 4.69) is 31.9 Å². The Labute approximate surface area is 258 Å². The van der Waals surface area contributed by atoms with Crippen LogP contribution in [0.5, 0.6) is 0 Å². The first kappa shape index (κ1) is 39.6. The van der Waals surface area contributed by atoms with Crippen LogP contribution in [0.25, 0.3) is 0 Å². The molecule has 14 nitrogen and oxygen atoms in total. The van der Waals surface area contributed by atoms with Gasteiger partial charge in [-0.2, -0.15) is 11.8 Å². The molecule has 0 spiro atoms. The Kier molecular flexibility index (Phi) is 18.9. The first-order valence-electron chi connectivity index (χ1n) is 14.5. The maximum atomic E-state index is 13.3. The number of amides is 7. The number of hydrogen-bond donors (Lipinski definition) is 7. The highest BCUT2D eigenvalue weighted by atomic mass is 32.2. The number of nitrogens with one attached hydrogen (secondary N) is 6. The summed E-state index contributed by atoms with van der Waals surface area (Å²) in [4.78, 5) is 87.2. The van der Waals surface area contributed by atoms with E-state index in [9.17, 15) is 33.6 Å². The van der Waals surface area contributed by atoms with Gasteiger partial charge in [0.1, 0.15) is 24.2 Å². The van der Waals surface area contributed by atoms with Crippen molar-refractivity contribution in [2.45, 2.75) is 91.9 Å². The minimum absolute atomic E-state index is 0.00191. The fourth-order valence-electron chi connectivity index (χ4n) is 4.00. The average Bonchev–Trinajstić information content (AvgIpc) is 2.92. The van der Waals surface area contributed by atoms with Gasteiger partial charge in [-0.1, -0.05) is 48.0 Å². The van der Waals surface area contributed by atoms with Crippen molar-refractivity contribution in [3.63, 3.8) is 0 Å². The summed E-state index contributed by atoms with van der Waals surface area (Å²) < 4.78 is 0. The van der Waals surface area contributed by atoms with Gasteiger partial charge in [-0.3, -0.25) is 33.6 Å². The molecule has 0 saturated carbocycles. The Morgan fingerprint density at radius 3 is 1.77 bits per heavy atom. The van der Waals surface area contributed by atoms with Crippen LogP contribution in [-0.2, 0) is 33.6 Å². The zero-order valence-electron chi connectivity index (χ0n) is 26.6. The van der Waals surface area contributed by atoms with E-state index in [1.165, 1.54) is 18.7 Å². The molecular formula is C28H51N7O7S. The van der Waals surface area contributed by atoms with E-state index in [1.807, 2.05) is 34.0 Å². The Morgan fingerprint density at radius 2 is 1.28 bits per heavy atom. The average molecular weight is 630 g/mol. The second kappa shape index (κ2) is 20.5. The highest BCUT2D eigenvalue weighted by molar-refractivity contribution is 7.98. The first-order chi connectivity index (χ1) is 20.0. The molecule has 0 fully saturated rings. The Balaban J connectivity index is 5.60. The van der Waals surface area contributed by atoms with Crippen molar-refractivity contribution in [3.8, 4) is 0 Å². The molecule has 0 unspecified atom stereocenters. The summed E-state index contributed by atoms with van der Waals surface area (Å²) in [5.74, 6) is -3.97. The molecule has 15 heteroatoms. The molecule has 0 aromatic heterocycles. The third kappa shape index (κ3) is 16.2. The van der Waals surface area contributed by atoms with Crippen LogP contribution in [0.3, 0.4) is 0 Å². The Morgan fingerprint density at radius 1 is 0.721 bits per heavy atom. The van der Waals surface area contributed by atoms with Crippen LogP contribution < -0.4 is 37.6 Å². The maximum absolute atomic E-state index is 13.3. The monoisotopic (exact) mass is 629 g/mol. The van der Waals surface area contributed by atoms with Gasteiger partial charge in [0.05, 0.1) is 13.1 Å². The number of rotatable bonds is 20. The van der Waals surface area contributed by atoms with Gasteiger partial charge in [0, 0.05) is 6.92 Å². The van der Waals surface area contributed by atoms with Gasteiger partial charge >= 0.3 is 0 Å². The fourth-order valence-corrected chi connectivity index (χ4v) is 4.47. The summed E-state index contributed by atoms with van der Waals surface area (Å²) in [7, 11) is 0. The molecule has 5 atom stereocenters. The molecule has 0 radical (unpaired) electrons. The predicted molar refractivity (Wildman–Crippen MR) is 165 cm³/mol. The molecule has 0 aliphatic heterocycles. The van der Waals surface area contributed by atoms with Gasteiger partial charge in [-0.15, -0.1) is 0 Å². The number of nitrogens with two attached hydrogens (primary N) is 1. The van der Waals surface area contributed by atoms with Gasteiger partial charge in [-0.25, -0.2) is 0 Å². The molecule has 0 bridgehead atoms. The normalized spacial score (nSPS) is 14.5. The smallest absolute Gasteiger partial charge is 0.243 e. The SMILES string of the molecule is CC[C@H](C)[C@H](NC(C)=O)C(=O)NCC(=O)N[C@@H](CC(C)C)C(=O)N[C@@H](CCSC)C(=O)N[C@H](C(=O)NCC(N)=O)C(C)C. The van der Waals surface area contributed by atoms with Crippen molar-refractivity contribution in [1.82, 2.24) is 31.9 Å². The standard InChI is InChI=1S/C28H51N7O7S/c1-9-17(6)24(32-18(7)36)28(42)31-14-22(38)33-20(12-15(2)3)26(40)34-19(10-11-43-8)25(39)35-23(16(4)5)27(41)30-13-21(29)37/h15-17,19-20,23-24H,9-14H2,1-8H3,(H2,29,37)(H,30,41)(H,31,42)(H,32,36)(H,33,38)(H,34,40)(H,35,39)/t17-,19-,20-,23-,24-/m0/s1. The van der Waals surface area contributed by atoms with Crippen LogP contribution >= 0.6 is 11.8 Å². The summed E-state index contributed by atoms with van der Waals surface area (Å²) in [6.45, 7) is 11.4. The van der Waals surface area contributed by atoms with Crippen LogP contribution in [0.15, 0.2) is 0 Å². The number of hydrogen-bond acceptors (Lipinski definition) is 8. The largest absolute Gasteiger partial charge is 0.368 e. The molecule has 0 heterocycles. The highest BCUT2D eigenvalue weighted by Crippen LogP contribution is 2.10. The van der Waals surface area contributed by atoms with Crippen molar-refractivity contribution < 1.29 is 33.6 Å². The lowest BCUT2D eigenvalue weighted by atomic mass is 9.98. The Bertz CT molecular complexity index is 977. The molecule has 0 aromatic rings. The van der Waals surface area contributed by atoms with Gasteiger partial charge in [0.15, 0.2) is 0 Å². The zero-order valence-corrected chi connectivity index (χ0v) is 27.4. The highest BCUT2D eigenvalue weighted by Gasteiger charge is 2.31. The second-order valence-corrected chi connectivity index (χ2v) is 12.3. The van der Waals surface area contributed by atoms with E-state index < -0.39 is 66.2 Å². The molecule has 0 aliphatic carbocycles. The minimum Gasteiger partial charge on any atom is -0.368 e. The van der Waals surface area contributed by atoms with Crippen molar-refractivity contribution >= 4 is 53.1 Å². The molecule has 0 rings (SSSR count). The number of carbonyl (C=O) groups is 7. The topological polar surface area (TPSA) is 218 Å². The van der Waals surface area contributed by atoms with Crippen molar-refractivity contribution in [1.29, 1.82) is 0 Å². The Hall–Kier alpha value is -3.36. The van der Waals surface area contributed by atoms with Crippen LogP contribution in [0.1, 0.15) is 67.7 Å². The molecule has 8 N–H and O–H groups in total. The fraction of sp³-hybridized carbons (Fsp3) is 0.750. The summed E-state index contributed by atoms with van der Waals surface area (Å²) >= 11 is 1.47. The zero-order chi connectivity index (χ0) is 33.3. The molecule has 7 amide bonds. The molecule has 246 valence electrons. The maximum Gasteiger partial charge on any atom is 0.243 e. The lowest BCUT2D eigenvalue weighted by Gasteiger charge is -2.27. The van der Waals surface area contributed by atoms with E-state index in [0.29, 0.717) is 12.2 Å². The predicted octanol–water partition coefficient (Wildman–Crippen LogP) is -0.835. The third-order valence-electron chi connectivity index (χ3n) is 6.56. The molecule has 43 heavy (non-hydrogen) atoms. The van der Waals surface area contributed by atoms with Crippen LogP contribution in [-0.4, -0.2) is 90.6 Å². The van der Waals surface area contributed by atoms with E-state index in [0.717, 1.165) is 0 Å². The molecule has 0 saturated heterocycles. The number of thioether (sulfide) groups is 1. The van der Waals surface area contributed by atoms with Crippen molar-refractivity contribution in [3.05, 3.63) is 0 Å². The van der Waals surface area contributed by atoms with Crippen LogP contribution in [0.2, 0.25) is 0 Å². The second-order valence-electron chi connectivity index (χ2n) is 11.3. The van der Waals surface area contributed by atoms with Gasteiger partial charge in [0.2, 0.25) is 41.4 Å². The summed E-state index contributed by atoms with van der Waals surface area (Å²) in [6, 6.07) is -3.81. The summed E-state index contributed by atoms with van der Waals surface area (Å²) in [6.07, 6.45) is 2.99. The minimum atomic E-state index is -1.01. The van der Waals surface area contributed by atoms with Gasteiger partial charge < -0.3 is 37.6 Å². The van der Waals surface area contributed by atoms with E-state index in [-0.39, 0.29) is 43.0 Å². The summed E-state index contributed by atoms with van der Waals surface area (Å²) in [5, 5.41) is 15.5. The van der Waals surface area contributed by atoms with E-state index in [4.69, 9.17) is 5.73 Å². The molecule has 0 aliphatic rings. The van der Waals surface area contributed by atoms with E-state index >= 15 is 0 Å². The summed E-state index contributed by atoms with van der Waals surface area (Å²) in [5.41, 5.74) is 5.10. The van der Waals surface area contributed by atoms with Crippen LogP contribution in [0.4, 0.5) is 0 Å². The quantitative estimate of drug-likeness (QED) is 0.0899. The van der Waals surface area contributed by atoms with Gasteiger partial charge in [0.25, 0.3) is 0 Å². The third-order valence-corrected chi connectivity index (χ3v) is 7.21. The first-order valence-corrected chi connectivity index (χ1v) is 15.9. The van der Waals surface area contributed by atoms with Crippen molar-refractivity contribution in [2.75, 3.05) is 25.1 Å².